The number of likely N-dealkylation sites (tertiary alicyclic amines) is 1. The first-order chi connectivity index (χ1) is 14.7. The average molecular weight is 447 g/mol. The van der Waals surface area contributed by atoms with E-state index in [0.717, 1.165) is 44.9 Å². The summed E-state index contributed by atoms with van der Waals surface area (Å²) in [4.78, 5) is 30.2. The van der Waals surface area contributed by atoms with Gasteiger partial charge in [0, 0.05) is 11.8 Å². The van der Waals surface area contributed by atoms with Crippen molar-refractivity contribution in [3.8, 4) is 6.07 Å². The molecule has 9 atom stereocenters. The van der Waals surface area contributed by atoms with E-state index in [2.05, 4.69) is 18.7 Å². The molecule has 31 heavy (non-hydrogen) atoms. The third-order valence-corrected chi connectivity index (χ3v) is 9.22. The minimum Gasteiger partial charge on any atom is -0.458 e. The molecule has 2 N–H and O–H groups in total. The highest BCUT2D eigenvalue weighted by Gasteiger charge is 2.64. The fraction of sp³-hybridized carbons (Fsp3) is 0.870. The van der Waals surface area contributed by atoms with Crippen LogP contribution in [0.5, 0.6) is 0 Å². The number of carbonyl (C=O) groups is 2. The summed E-state index contributed by atoms with van der Waals surface area (Å²) in [6.07, 6.45) is 7.20. The highest BCUT2D eigenvalue weighted by atomic mass is 32.1. The lowest BCUT2D eigenvalue weighted by Crippen LogP contribution is -2.66. The normalized spacial score (nSPS) is 44.0. The predicted molar refractivity (Wildman–Crippen MR) is 118 cm³/mol. The van der Waals surface area contributed by atoms with Gasteiger partial charge in [-0.2, -0.15) is 17.9 Å². The number of nitriles is 1. The molecule has 8 heteroatoms. The van der Waals surface area contributed by atoms with Gasteiger partial charge in [0.15, 0.2) is 0 Å². The summed E-state index contributed by atoms with van der Waals surface area (Å²) >= 11 is 4.34. The van der Waals surface area contributed by atoms with Crippen molar-refractivity contribution in [2.45, 2.75) is 81.1 Å². The van der Waals surface area contributed by atoms with E-state index in [1.54, 1.807) is 4.90 Å². The van der Waals surface area contributed by atoms with E-state index in [4.69, 9.17) is 10.5 Å². The molecule has 1 amide bonds. The SMILES string of the molecule is CN(C)[C@H](CS)C(=O)OC12CC3C[C@H](C1)CC([C@H](N)C(=O)N1C4CC4C[C@H]1C#N)(C3)C2. The number of fused-ring (bicyclic) bond motifs is 1. The van der Waals surface area contributed by atoms with Crippen LogP contribution >= 0.6 is 12.6 Å². The first-order valence-corrected chi connectivity index (χ1v) is 12.3. The Kier molecular flexibility index (Phi) is 5.11. The van der Waals surface area contributed by atoms with E-state index in [1.807, 2.05) is 19.0 Å². The van der Waals surface area contributed by atoms with Crippen molar-refractivity contribution in [3.05, 3.63) is 0 Å². The minimum absolute atomic E-state index is 0.0542. The van der Waals surface area contributed by atoms with Gasteiger partial charge >= 0.3 is 5.97 Å². The zero-order valence-corrected chi connectivity index (χ0v) is 19.4. The van der Waals surface area contributed by atoms with Crippen LogP contribution < -0.4 is 5.73 Å². The number of carbonyl (C=O) groups excluding carboxylic acids is 2. The monoisotopic (exact) mass is 446 g/mol. The highest BCUT2D eigenvalue weighted by Crippen LogP contribution is 2.64. The van der Waals surface area contributed by atoms with E-state index >= 15 is 0 Å². The Morgan fingerprint density at radius 1 is 1.23 bits per heavy atom. The van der Waals surface area contributed by atoms with Crippen LogP contribution in [0.25, 0.3) is 0 Å². The molecule has 1 aliphatic heterocycles. The smallest absolute Gasteiger partial charge is 0.324 e. The molecular weight excluding hydrogens is 412 g/mol. The summed E-state index contributed by atoms with van der Waals surface area (Å²) in [7, 11) is 3.73. The summed E-state index contributed by atoms with van der Waals surface area (Å²) < 4.78 is 6.25. The van der Waals surface area contributed by atoms with Gasteiger partial charge in [-0.05, 0) is 88.6 Å². The van der Waals surface area contributed by atoms with Gasteiger partial charge in [-0.25, -0.2) is 0 Å². The number of piperidine rings is 1. The fourth-order valence-corrected chi connectivity index (χ4v) is 8.25. The molecule has 5 unspecified atom stereocenters. The molecule has 170 valence electrons. The second-order valence-corrected chi connectivity index (χ2v) is 11.6. The van der Waals surface area contributed by atoms with Crippen LogP contribution in [-0.2, 0) is 14.3 Å². The molecule has 6 fully saturated rings. The quantitative estimate of drug-likeness (QED) is 0.475. The van der Waals surface area contributed by atoms with Gasteiger partial charge in [0.05, 0.1) is 12.1 Å². The number of nitrogens with zero attached hydrogens (tertiary/aromatic N) is 3. The molecule has 1 saturated heterocycles. The fourth-order valence-electron chi connectivity index (χ4n) is 7.77. The van der Waals surface area contributed by atoms with Crippen molar-refractivity contribution < 1.29 is 14.3 Å². The van der Waals surface area contributed by atoms with Crippen LogP contribution in [0.4, 0.5) is 0 Å². The molecule has 0 radical (unpaired) electrons. The van der Waals surface area contributed by atoms with Crippen LogP contribution in [0.1, 0.15) is 51.4 Å². The molecule has 0 aromatic rings. The lowest BCUT2D eigenvalue weighted by molar-refractivity contribution is -0.208. The zero-order chi connectivity index (χ0) is 22.1. The molecule has 0 aromatic heterocycles. The maximum absolute atomic E-state index is 13.6. The van der Waals surface area contributed by atoms with Crippen LogP contribution in [0.2, 0.25) is 0 Å². The standard InChI is InChI=1S/C23H34N4O3S/c1-26(2)18(11-31)21(29)30-23-8-13-3-14(9-23)7-22(6-13,12-23)19(25)20(28)27-16(10-24)4-15-5-17(15)27/h13-19,31H,3-9,11-12,25H2,1-2H3/t13-,14?,15?,16-,17?,18+,19+,22?,23?/m0/s1. The third kappa shape index (κ3) is 3.39. The maximum Gasteiger partial charge on any atom is 0.324 e. The van der Waals surface area contributed by atoms with Crippen LogP contribution in [0.3, 0.4) is 0 Å². The van der Waals surface area contributed by atoms with Crippen LogP contribution in [0.15, 0.2) is 0 Å². The average Bonchev–Trinajstić information content (AvgIpc) is 3.35. The van der Waals surface area contributed by atoms with Crippen LogP contribution in [-0.4, -0.2) is 71.3 Å². The van der Waals surface area contributed by atoms with E-state index in [-0.39, 0.29) is 35.4 Å². The van der Waals surface area contributed by atoms with Crippen molar-refractivity contribution in [1.82, 2.24) is 9.80 Å². The molecule has 1 heterocycles. The topological polar surface area (TPSA) is 99.7 Å². The molecule has 0 spiro atoms. The van der Waals surface area contributed by atoms with Crippen molar-refractivity contribution in [2.24, 2.45) is 28.9 Å². The number of likely N-dealkylation sites (N-methyl/N-ethyl adjacent to an activating group) is 1. The molecule has 5 aliphatic carbocycles. The Labute approximate surface area is 190 Å². The number of hydrogen-bond acceptors (Lipinski definition) is 7. The Hall–Kier alpha value is -1.30. The number of thiol groups is 1. The number of rotatable bonds is 6. The summed E-state index contributed by atoms with van der Waals surface area (Å²) in [6.45, 7) is 0. The molecule has 7 nitrogen and oxygen atoms in total. The number of hydrogen-bond donors (Lipinski definition) is 2. The van der Waals surface area contributed by atoms with E-state index in [1.165, 1.54) is 0 Å². The molecule has 0 aromatic carbocycles. The summed E-state index contributed by atoms with van der Waals surface area (Å²) in [6, 6.07) is 1.19. The van der Waals surface area contributed by atoms with Crippen molar-refractivity contribution >= 4 is 24.5 Å². The van der Waals surface area contributed by atoms with Gasteiger partial charge in [0.2, 0.25) is 5.91 Å². The van der Waals surface area contributed by atoms with Crippen molar-refractivity contribution in [3.63, 3.8) is 0 Å². The summed E-state index contributed by atoms with van der Waals surface area (Å²) in [5, 5.41) is 9.55. The largest absolute Gasteiger partial charge is 0.458 e. The van der Waals surface area contributed by atoms with Crippen molar-refractivity contribution in [1.29, 1.82) is 5.26 Å². The second-order valence-electron chi connectivity index (χ2n) is 11.3. The van der Waals surface area contributed by atoms with Crippen LogP contribution in [0, 0.1) is 34.5 Å². The third-order valence-electron chi connectivity index (χ3n) is 8.87. The van der Waals surface area contributed by atoms with Gasteiger partial charge in [-0.15, -0.1) is 0 Å². The van der Waals surface area contributed by atoms with Gasteiger partial charge < -0.3 is 15.4 Å². The van der Waals surface area contributed by atoms with Gasteiger partial charge in [0.25, 0.3) is 0 Å². The van der Waals surface area contributed by atoms with E-state index < -0.39 is 11.6 Å². The second kappa shape index (κ2) is 7.36. The molecular formula is C23H34N4O3S. The first kappa shape index (κ1) is 21.5. The molecule has 6 rings (SSSR count). The van der Waals surface area contributed by atoms with E-state index in [9.17, 15) is 14.9 Å². The van der Waals surface area contributed by atoms with Gasteiger partial charge in [-0.1, -0.05) is 0 Å². The Morgan fingerprint density at radius 2 is 1.90 bits per heavy atom. The zero-order valence-electron chi connectivity index (χ0n) is 18.5. The Morgan fingerprint density at radius 3 is 2.48 bits per heavy atom. The number of ether oxygens (including phenoxy) is 1. The summed E-state index contributed by atoms with van der Waals surface area (Å²) in [5.74, 6) is 1.50. The lowest BCUT2D eigenvalue weighted by Gasteiger charge is -2.62. The number of amides is 1. The predicted octanol–water partition coefficient (Wildman–Crippen LogP) is 1.57. The molecule has 6 aliphatic rings. The van der Waals surface area contributed by atoms with E-state index in [0.29, 0.717) is 29.9 Å². The Balaban J connectivity index is 1.38. The highest BCUT2D eigenvalue weighted by molar-refractivity contribution is 7.80. The van der Waals surface area contributed by atoms with Gasteiger partial charge in [-0.3, -0.25) is 14.5 Å². The maximum atomic E-state index is 13.6. The number of esters is 1. The number of nitrogens with two attached hydrogens (primary N) is 1. The van der Waals surface area contributed by atoms with Gasteiger partial charge in [0.1, 0.15) is 17.7 Å². The Bertz CT molecular complexity index is 812. The van der Waals surface area contributed by atoms with Crippen molar-refractivity contribution in [2.75, 3.05) is 19.8 Å². The first-order valence-electron chi connectivity index (χ1n) is 11.7. The molecule has 5 saturated carbocycles. The summed E-state index contributed by atoms with van der Waals surface area (Å²) in [5.41, 5.74) is 5.91. The minimum atomic E-state index is -0.624. The lowest BCUT2D eigenvalue weighted by atomic mass is 9.46. The molecule has 4 bridgehead atoms.